The number of carbonyl (C=O) groups excluding carboxylic acids is 1. The van der Waals surface area contributed by atoms with E-state index in [9.17, 15) is 35.9 Å². The molecule has 0 heterocycles. The second-order valence-electron chi connectivity index (χ2n) is 6.32. The van der Waals surface area contributed by atoms with Crippen molar-refractivity contribution in [3.05, 3.63) is 59.4 Å². The van der Waals surface area contributed by atoms with Crippen LogP contribution in [0.15, 0.2) is 47.4 Å². The molecule has 154 valence electrons. The minimum atomic E-state index is -4.66. The maximum Gasteiger partial charge on any atom is 0.416 e. The average Bonchev–Trinajstić information content (AvgIpc) is 2.60. The third-order valence-electron chi connectivity index (χ3n) is 3.83. The Morgan fingerprint density at radius 3 is 2.41 bits per heavy atom. The average molecular weight is 430 g/mol. The van der Waals surface area contributed by atoms with E-state index in [4.69, 9.17) is 5.26 Å². The van der Waals surface area contributed by atoms with E-state index in [1.165, 1.54) is 6.07 Å². The van der Waals surface area contributed by atoms with Gasteiger partial charge in [0, 0.05) is 5.69 Å². The van der Waals surface area contributed by atoms with E-state index in [1.807, 2.05) is 5.32 Å². The molecule has 0 aliphatic heterocycles. The predicted molar refractivity (Wildman–Crippen MR) is 93.9 cm³/mol. The quantitative estimate of drug-likeness (QED) is 0.710. The number of sulfone groups is 1. The summed E-state index contributed by atoms with van der Waals surface area (Å²) in [6, 6.07) is 7.53. The highest BCUT2D eigenvalue weighted by atomic mass is 32.2. The van der Waals surface area contributed by atoms with Gasteiger partial charge in [-0.05, 0) is 43.3 Å². The minimum absolute atomic E-state index is 0.299. The number of rotatable bonds is 5. The summed E-state index contributed by atoms with van der Waals surface area (Å²) in [5.41, 5.74) is -4.28. The van der Waals surface area contributed by atoms with Gasteiger partial charge in [-0.15, -0.1) is 0 Å². The van der Waals surface area contributed by atoms with Crippen LogP contribution in [0.2, 0.25) is 0 Å². The van der Waals surface area contributed by atoms with Crippen LogP contribution in [0.5, 0.6) is 0 Å². The molecule has 0 radical (unpaired) electrons. The molecule has 1 atom stereocenters. The van der Waals surface area contributed by atoms with Gasteiger partial charge in [0.25, 0.3) is 5.91 Å². The summed E-state index contributed by atoms with van der Waals surface area (Å²) in [6.07, 6.45) is -4.66. The largest absolute Gasteiger partial charge is 0.416 e. The number of alkyl halides is 3. The zero-order valence-electron chi connectivity index (χ0n) is 14.8. The Morgan fingerprint density at radius 2 is 1.86 bits per heavy atom. The maximum absolute atomic E-state index is 13.7. The Hall–Kier alpha value is -2.97. The van der Waals surface area contributed by atoms with Crippen molar-refractivity contribution >= 4 is 21.4 Å². The topological polar surface area (TPSA) is 107 Å². The number of halogens is 4. The number of nitrogens with zero attached hydrogens (tertiary/aromatic N) is 1. The first-order valence-corrected chi connectivity index (χ1v) is 9.55. The van der Waals surface area contributed by atoms with Crippen LogP contribution in [0.1, 0.15) is 18.1 Å². The van der Waals surface area contributed by atoms with E-state index >= 15 is 0 Å². The lowest BCUT2D eigenvalue weighted by atomic mass is 10.1. The molecule has 0 saturated carbocycles. The predicted octanol–water partition coefficient (Wildman–Crippen LogP) is 2.88. The molecule has 0 fully saturated rings. The Morgan fingerprint density at radius 1 is 1.21 bits per heavy atom. The third kappa shape index (κ3) is 5.30. The molecule has 0 bridgehead atoms. The van der Waals surface area contributed by atoms with Gasteiger partial charge >= 0.3 is 6.18 Å². The van der Waals surface area contributed by atoms with Crippen LogP contribution in [0, 0.1) is 17.1 Å². The van der Waals surface area contributed by atoms with Gasteiger partial charge in [0.1, 0.15) is 11.9 Å². The van der Waals surface area contributed by atoms with E-state index in [0.29, 0.717) is 12.1 Å². The highest BCUT2D eigenvalue weighted by molar-refractivity contribution is 7.91. The van der Waals surface area contributed by atoms with Gasteiger partial charge in [0.05, 0.1) is 21.8 Å². The number of nitrogens with one attached hydrogen (secondary N) is 1. The molecule has 1 amide bonds. The maximum atomic E-state index is 13.7. The smallest absolute Gasteiger partial charge is 0.379 e. The molecule has 0 aliphatic carbocycles. The fraction of sp³-hybridized carbons (Fsp3) is 0.222. The van der Waals surface area contributed by atoms with Crippen molar-refractivity contribution in [3.63, 3.8) is 0 Å². The van der Waals surface area contributed by atoms with Crippen molar-refractivity contribution in [3.8, 4) is 6.07 Å². The standard InChI is InChI=1S/C18H14F4N2O4S/c1-17(26,10-29(27,28)14-6-5-11(9-23)15(19)8-14)16(25)24-13-4-2-3-12(7-13)18(20,21)22/h2-8,26H,10H2,1H3,(H,24,25). The lowest BCUT2D eigenvalue weighted by Crippen LogP contribution is -2.45. The second-order valence-corrected chi connectivity index (χ2v) is 8.31. The van der Waals surface area contributed by atoms with Gasteiger partial charge in [-0.2, -0.15) is 18.4 Å². The van der Waals surface area contributed by atoms with Gasteiger partial charge in [-0.1, -0.05) is 6.07 Å². The first kappa shape index (κ1) is 22.3. The fourth-order valence-electron chi connectivity index (χ4n) is 2.34. The van der Waals surface area contributed by atoms with Crippen molar-refractivity contribution in [2.75, 3.05) is 11.1 Å². The number of carbonyl (C=O) groups is 1. The molecule has 0 aliphatic rings. The van der Waals surface area contributed by atoms with E-state index in [0.717, 1.165) is 37.3 Å². The number of aliphatic hydroxyl groups is 1. The van der Waals surface area contributed by atoms with Crippen molar-refractivity contribution in [2.24, 2.45) is 0 Å². The second kappa shape index (κ2) is 7.81. The molecular weight excluding hydrogens is 416 g/mol. The molecule has 0 saturated heterocycles. The van der Waals surface area contributed by atoms with Crippen molar-refractivity contribution in [1.29, 1.82) is 5.26 Å². The molecule has 6 nitrogen and oxygen atoms in total. The van der Waals surface area contributed by atoms with Gasteiger partial charge in [0.2, 0.25) is 0 Å². The van der Waals surface area contributed by atoms with Gasteiger partial charge in [0.15, 0.2) is 15.4 Å². The summed E-state index contributed by atoms with van der Waals surface area (Å²) in [5, 5.41) is 21.0. The molecule has 0 aromatic heterocycles. The Bertz CT molecular complexity index is 1090. The summed E-state index contributed by atoms with van der Waals surface area (Å²) < 4.78 is 76.7. The Balaban J connectivity index is 2.23. The zero-order chi connectivity index (χ0) is 22.0. The number of nitriles is 1. The molecule has 2 aromatic carbocycles. The van der Waals surface area contributed by atoms with Gasteiger partial charge < -0.3 is 10.4 Å². The first-order valence-electron chi connectivity index (χ1n) is 7.90. The number of benzene rings is 2. The SMILES string of the molecule is CC(O)(CS(=O)(=O)c1ccc(C#N)c(F)c1)C(=O)Nc1cccc(C(F)(F)F)c1. The van der Waals surface area contributed by atoms with Crippen molar-refractivity contribution < 1.29 is 35.9 Å². The highest BCUT2D eigenvalue weighted by Gasteiger charge is 2.37. The minimum Gasteiger partial charge on any atom is -0.379 e. The monoisotopic (exact) mass is 430 g/mol. The number of hydrogen-bond acceptors (Lipinski definition) is 5. The molecular formula is C18H14F4N2O4S. The summed E-state index contributed by atoms with van der Waals surface area (Å²) in [7, 11) is -4.37. The number of anilines is 1. The molecule has 29 heavy (non-hydrogen) atoms. The normalized spacial score (nSPS) is 14.0. The van der Waals surface area contributed by atoms with Crippen LogP contribution < -0.4 is 5.32 Å². The lowest BCUT2D eigenvalue weighted by molar-refractivity contribution is -0.137. The third-order valence-corrected chi connectivity index (χ3v) is 5.74. The summed E-state index contributed by atoms with van der Waals surface area (Å²) in [4.78, 5) is 11.7. The summed E-state index contributed by atoms with van der Waals surface area (Å²) in [5.74, 6) is -3.54. The van der Waals surface area contributed by atoms with E-state index in [1.54, 1.807) is 0 Å². The first-order chi connectivity index (χ1) is 13.3. The van der Waals surface area contributed by atoms with Crippen LogP contribution in [0.4, 0.5) is 23.2 Å². The highest BCUT2D eigenvalue weighted by Crippen LogP contribution is 2.31. The summed E-state index contributed by atoms with van der Waals surface area (Å²) >= 11 is 0. The molecule has 11 heteroatoms. The van der Waals surface area contributed by atoms with Crippen LogP contribution in [-0.4, -0.2) is 30.8 Å². The van der Waals surface area contributed by atoms with Gasteiger partial charge in [-0.3, -0.25) is 4.79 Å². The number of hydrogen-bond donors (Lipinski definition) is 2. The molecule has 2 N–H and O–H groups in total. The van der Waals surface area contributed by atoms with Crippen LogP contribution in [0.3, 0.4) is 0 Å². The fourth-order valence-corrected chi connectivity index (χ4v) is 3.93. The summed E-state index contributed by atoms with van der Waals surface area (Å²) in [6.45, 7) is 0.855. The van der Waals surface area contributed by atoms with E-state index in [-0.39, 0.29) is 5.69 Å². The zero-order valence-corrected chi connectivity index (χ0v) is 15.6. The molecule has 1 unspecified atom stereocenters. The van der Waals surface area contributed by atoms with E-state index < -0.39 is 55.1 Å². The van der Waals surface area contributed by atoms with Crippen LogP contribution >= 0.6 is 0 Å². The lowest BCUT2D eigenvalue weighted by Gasteiger charge is -2.22. The Labute approximate surface area is 163 Å². The molecule has 2 aromatic rings. The van der Waals surface area contributed by atoms with Gasteiger partial charge in [-0.25, -0.2) is 12.8 Å². The van der Waals surface area contributed by atoms with Crippen molar-refractivity contribution in [2.45, 2.75) is 23.6 Å². The molecule has 2 rings (SSSR count). The van der Waals surface area contributed by atoms with Crippen molar-refractivity contribution in [1.82, 2.24) is 0 Å². The number of amides is 1. The van der Waals surface area contributed by atoms with E-state index in [2.05, 4.69) is 0 Å². The Kier molecular flexibility index (Phi) is 6.01. The van der Waals surface area contributed by atoms with Crippen LogP contribution in [0.25, 0.3) is 0 Å². The molecule has 0 spiro atoms. The van der Waals surface area contributed by atoms with Crippen LogP contribution in [-0.2, 0) is 20.8 Å².